The van der Waals surface area contributed by atoms with Crippen LogP contribution in [0, 0.1) is 11.8 Å². The summed E-state index contributed by atoms with van der Waals surface area (Å²) in [5, 5.41) is 6.55. The number of amides is 1. The van der Waals surface area contributed by atoms with E-state index in [0.29, 0.717) is 18.5 Å². The second kappa shape index (κ2) is 6.53. The molecule has 1 aliphatic carbocycles. The van der Waals surface area contributed by atoms with Gasteiger partial charge in [-0.2, -0.15) is 0 Å². The zero-order valence-electron chi connectivity index (χ0n) is 11.7. The van der Waals surface area contributed by atoms with E-state index < -0.39 is 0 Å². The van der Waals surface area contributed by atoms with Crippen molar-refractivity contribution < 1.29 is 4.79 Å². The number of nitrogens with zero attached hydrogens (tertiary/aromatic N) is 1. The summed E-state index contributed by atoms with van der Waals surface area (Å²) < 4.78 is 0. The lowest BCUT2D eigenvalue weighted by Gasteiger charge is -2.28. The molecule has 4 heteroatoms. The van der Waals surface area contributed by atoms with E-state index in [9.17, 15) is 4.79 Å². The number of carbonyl (C=O) groups excluding carboxylic acids is 1. The van der Waals surface area contributed by atoms with Crippen molar-refractivity contribution >= 4 is 5.91 Å². The maximum absolute atomic E-state index is 12.0. The van der Waals surface area contributed by atoms with Crippen LogP contribution < -0.4 is 10.6 Å². The van der Waals surface area contributed by atoms with Gasteiger partial charge in [0.15, 0.2) is 0 Å². The van der Waals surface area contributed by atoms with Gasteiger partial charge < -0.3 is 10.6 Å². The van der Waals surface area contributed by atoms with Gasteiger partial charge in [0.25, 0.3) is 0 Å². The molecule has 1 heterocycles. The molecule has 18 heavy (non-hydrogen) atoms. The van der Waals surface area contributed by atoms with Crippen LogP contribution in [0.3, 0.4) is 0 Å². The molecule has 0 spiro atoms. The van der Waals surface area contributed by atoms with E-state index in [-0.39, 0.29) is 5.91 Å². The maximum Gasteiger partial charge on any atom is 0.234 e. The van der Waals surface area contributed by atoms with Crippen molar-refractivity contribution in [2.75, 3.05) is 32.7 Å². The quantitative estimate of drug-likeness (QED) is 0.780. The third-order valence-corrected chi connectivity index (χ3v) is 4.67. The minimum Gasteiger partial charge on any atom is -0.352 e. The van der Waals surface area contributed by atoms with Crippen LogP contribution in [0.5, 0.6) is 0 Å². The molecular weight excluding hydrogens is 226 g/mol. The number of rotatable bonds is 4. The molecule has 0 aromatic rings. The number of hydrogen-bond donors (Lipinski definition) is 2. The number of carbonyl (C=O) groups is 1. The lowest BCUT2D eigenvalue weighted by molar-refractivity contribution is -0.123. The minimum absolute atomic E-state index is 0.213. The Morgan fingerprint density at radius 3 is 2.67 bits per heavy atom. The molecule has 1 saturated carbocycles. The van der Waals surface area contributed by atoms with Gasteiger partial charge in [0.1, 0.15) is 0 Å². The average Bonchev–Trinajstić information content (AvgIpc) is 2.71. The predicted molar refractivity (Wildman–Crippen MR) is 73.4 cm³/mol. The highest BCUT2D eigenvalue weighted by molar-refractivity contribution is 5.78. The smallest absolute Gasteiger partial charge is 0.234 e. The van der Waals surface area contributed by atoms with Crippen LogP contribution in [0.15, 0.2) is 0 Å². The third kappa shape index (κ3) is 3.45. The summed E-state index contributed by atoms with van der Waals surface area (Å²) in [5.74, 6) is 1.65. The van der Waals surface area contributed by atoms with Crippen molar-refractivity contribution in [1.29, 1.82) is 0 Å². The van der Waals surface area contributed by atoms with Crippen LogP contribution in [0.25, 0.3) is 0 Å². The van der Waals surface area contributed by atoms with E-state index in [0.717, 1.165) is 38.5 Å². The summed E-state index contributed by atoms with van der Waals surface area (Å²) in [6, 6.07) is 0.408. The Morgan fingerprint density at radius 2 is 2.06 bits per heavy atom. The summed E-state index contributed by atoms with van der Waals surface area (Å²) in [6.07, 6.45) is 3.68. The molecule has 0 radical (unpaired) electrons. The van der Waals surface area contributed by atoms with Gasteiger partial charge in [-0.3, -0.25) is 9.69 Å². The first-order chi connectivity index (χ1) is 8.70. The Balaban J connectivity index is 1.74. The van der Waals surface area contributed by atoms with Crippen LogP contribution in [0.1, 0.15) is 33.1 Å². The molecule has 3 atom stereocenters. The van der Waals surface area contributed by atoms with Crippen molar-refractivity contribution in [3.8, 4) is 0 Å². The predicted octanol–water partition coefficient (Wildman–Crippen LogP) is 0.833. The highest BCUT2D eigenvalue weighted by Gasteiger charge is 2.32. The van der Waals surface area contributed by atoms with Crippen LogP contribution in [-0.2, 0) is 4.79 Å². The van der Waals surface area contributed by atoms with Gasteiger partial charge in [0.05, 0.1) is 6.54 Å². The summed E-state index contributed by atoms with van der Waals surface area (Å²) >= 11 is 0. The fourth-order valence-corrected chi connectivity index (χ4v) is 3.35. The molecule has 2 fully saturated rings. The molecule has 0 bridgehead atoms. The maximum atomic E-state index is 12.0. The van der Waals surface area contributed by atoms with Gasteiger partial charge in [-0.15, -0.1) is 0 Å². The topological polar surface area (TPSA) is 44.4 Å². The molecule has 1 saturated heterocycles. The molecule has 3 unspecified atom stereocenters. The Kier molecular flexibility index (Phi) is 5.01. The SMILES string of the molecule is CCC1CCC(NC(=O)CN2CCNCC2)C1C. The first-order valence-corrected chi connectivity index (χ1v) is 7.43. The standard InChI is InChI=1S/C14H27N3O/c1-3-12-4-5-13(11(12)2)16-14(18)10-17-8-6-15-7-9-17/h11-13,15H,3-10H2,1-2H3,(H,16,18). The van der Waals surface area contributed by atoms with Gasteiger partial charge in [0, 0.05) is 32.2 Å². The van der Waals surface area contributed by atoms with Crippen molar-refractivity contribution in [2.45, 2.75) is 39.2 Å². The molecule has 2 N–H and O–H groups in total. The monoisotopic (exact) mass is 253 g/mol. The molecule has 1 amide bonds. The van der Waals surface area contributed by atoms with E-state index >= 15 is 0 Å². The first kappa shape index (κ1) is 13.8. The fraction of sp³-hybridized carbons (Fsp3) is 0.929. The van der Waals surface area contributed by atoms with Crippen LogP contribution >= 0.6 is 0 Å². The van der Waals surface area contributed by atoms with Crippen molar-refractivity contribution in [3.63, 3.8) is 0 Å². The molecule has 2 aliphatic rings. The molecule has 0 aromatic carbocycles. The van der Waals surface area contributed by atoms with Crippen LogP contribution in [0.2, 0.25) is 0 Å². The normalized spacial score (nSPS) is 33.6. The van der Waals surface area contributed by atoms with Gasteiger partial charge in [0.2, 0.25) is 5.91 Å². The number of nitrogens with one attached hydrogen (secondary N) is 2. The van der Waals surface area contributed by atoms with Gasteiger partial charge >= 0.3 is 0 Å². The molecule has 1 aliphatic heterocycles. The minimum atomic E-state index is 0.213. The Morgan fingerprint density at radius 1 is 1.33 bits per heavy atom. The first-order valence-electron chi connectivity index (χ1n) is 7.43. The summed E-state index contributed by atoms with van der Waals surface area (Å²) in [4.78, 5) is 14.3. The van der Waals surface area contributed by atoms with E-state index in [2.05, 4.69) is 29.4 Å². The molecule has 4 nitrogen and oxygen atoms in total. The molecule has 2 rings (SSSR count). The van der Waals surface area contributed by atoms with Gasteiger partial charge in [-0.05, 0) is 24.7 Å². The summed E-state index contributed by atoms with van der Waals surface area (Å²) in [7, 11) is 0. The molecule has 104 valence electrons. The Labute approximate surface area is 110 Å². The van der Waals surface area contributed by atoms with E-state index in [1.54, 1.807) is 0 Å². The second-order valence-electron chi connectivity index (χ2n) is 5.80. The van der Waals surface area contributed by atoms with Crippen molar-refractivity contribution in [3.05, 3.63) is 0 Å². The fourth-order valence-electron chi connectivity index (χ4n) is 3.35. The summed E-state index contributed by atoms with van der Waals surface area (Å²) in [6.45, 7) is 9.11. The van der Waals surface area contributed by atoms with E-state index in [1.807, 2.05) is 0 Å². The highest BCUT2D eigenvalue weighted by atomic mass is 16.2. The largest absolute Gasteiger partial charge is 0.352 e. The van der Waals surface area contributed by atoms with Gasteiger partial charge in [-0.25, -0.2) is 0 Å². The lowest BCUT2D eigenvalue weighted by atomic mass is 9.93. The summed E-state index contributed by atoms with van der Waals surface area (Å²) in [5.41, 5.74) is 0. The van der Waals surface area contributed by atoms with E-state index in [1.165, 1.54) is 12.8 Å². The molecular formula is C14H27N3O. The van der Waals surface area contributed by atoms with Crippen LogP contribution in [0.4, 0.5) is 0 Å². The lowest BCUT2D eigenvalue weighted by Crippen LogP contribution is -2.49. The average molecular weight is 253 g/mol. The third-order valence-electron chi connectivity index (χ3n) is 4.67. The van der Waals surface area contributed by atoms with Crippen molar-refractivity contribution in [1.82, 2.24) is 15.5 Å². The number of piperazine rings is 1. The second-order valence-corrected chi connectivity index (χ2v) is 5.80. The number of hydrogen-bond acceptors (Lipinski definition) is 3. The highest BCUT2D eigenvalue weighted by Crippen LogP contribution is 2.33. The van der Waals surface area contributed by atoms with E-state index in [4.69, 9.17) is 0 Å². The van der Waals surface area contributed by atoms with Crippen molar-refractivity contribution in [2.24, 2.45) is 11.8 Å². The zero-order valence-corrected chi connectivity index (χ0v) is 11.7. The van der Waals surface area contributed by atoms with Crippen LogP contribution in [-0.4, -0.2) is 49.6 Å². The Hall–Kier alpha value is -0.610. The molecule has 0 aromatic heterocycles. The Bertz CT molecular complexity index is 276. The van der Waals surface area contributed by atoms with Gasteiger partial charge in [-0.1, -0.05) is 20.3 Å². The zero-order chi connectivity index (χ0) is 13.0.